The lowest BCUT2D eigenvalue weighted by atomic mass is 9.75. The van der Waals surface area contributed by atoms with Gasteiger partial charge in [-0.3, -0.25) is 4.79 Å². The van der Waals surface area contributed by atoms with E-state index in [0.717, 1.165) is 48.4 Å². The Kier molecular flexibility index (Phi) is 6.55. The van der Waals surface area contributed by atoms with Crippen molar-refractivity contribution in [2.24, 2.45) is 0 Å². The number of dihydropyridines is 1. The van der Waals surface area contributed by atoms with Gasteiger partial charge in [0.2, 0.25) is 0 Å². The number of para-hydroxylation sites is 1. The smallest absolute Gasteiger partial charge is 0.336 e. The third-order valence-electron chi connectivity index (χ3n) is 5.26. The Balaban J connectivity index is 2.11. The molecule has 5 nitrogen and oxygen atoms in total. The number of Topliss-reactive ketones (excluding diaryl/α,β-unsaturated/α-hetero) is 1. The standard InChI is InChI=1S/C23H29NO4/c1-4-6-14-28-19-13-8-7-10-16(19)21-20(23(26)27-5-2)15(3)24-17-11-9-12-18(25)22(17)21/h7-8,10,13,21,24H,4-6,9,11-12,14H2,1-3H3. The highest BCUT2D eigenvalue weighted by molar-refractivity contribution is 6.04. The number of unbranched alkanes of at least 4 members (excludes halogenated alkanes) is 1. The van der Waals surface area contributed by atoms with Crippen molar-refractivity contribution in [3.63, 3.8) is 0 Å². The summed E-state index contributed by atoms with van der Waals surface area (Å²) in [6, 6.07) is 7.72. The number of rotatable bonds is 7. The summed E-state index contributed by atoms with van der Waals surface area (Å²) in [6.45, 7) is 6.68. The van der Waals surface area contributed by atoms with Crippen LogP contribution in [0.3, 0.4) is 0 Å². The summed E-state index contributed by atoms with van der Waals surface area (Å²) in [5, 5.41) is 3.31. The van der Waals surface area contributed by atoms with Crippen LogP contribution in [0.1, 0.15) is 64.4 Å². The first-order valence-electron chi connectivity index (χ1n) is 10.2. The monoisotopic (exact) mass is 383 g/mol. The minimum Gasteiger partial charge on any atom is -0.493 e. The molecule has 1 atom stereocenters. The van der Waals surface area contributed by atoms with Crippen molar-refractivity contribution >= 4 is 11.8 Å². The molecule has 0 saturated heterocycles. The van der Waals surface area contributed by atoms with Crippen molar-refractivity contribution in [3.05, 3.63) is 52.4 Å². The van der Waals surface area contributed by atoms with E-state index < -0.39 is 5.92 Å². The van der Waals surface area contributed by atoms with Crippen LogP contribution in [0, 0.1) is 0 Å². The van der Waals surface area contributed by atoms with Gasteiger partial charge in [-0.15, -0.1) is 0 Å². The zero-order chi connectivity index (χ0) is 20.1. The van der Waals surface area contributed by atoms with E-state index in [2.05, 4.69) is 12.2 Å². The number of carbonyl (C=O) groups is 2. The Hall–Kier alpha value is -2.56. The molecule has 0 fully saturated rings. The van der Waals surface area contributed by atoms with Gasteiger partial charge in [0, 0.05) is 29.0 Å². The van der Waals surface area contributed by atoms with Crippen LogP contribution in [-0.2, 0) is 14.3 Å². The highest BCUT2D eigenvalue weighted by Crippen LogP contribution is 2.45. The van der Waals surface area contributed by atoms with Crippen LogP contribution in [0.5, 0.6) is 5.75 Å². The van der Waals surface area contributed by atoms with Crippen LogP contribution in [0.2, 0.25) is 0 Å². The molecule has 1 unspecified atom stereocenters. The van der Waals surface area contributed by atoms with Gasteiger partial charge in [0.05, 0.1) is 24.7 Å². The zero-order valence-electron chi connectivity index (χ0n) is 17.0. The van der Waals surface area contributed by atoms with Crippen LogP contribution in [0.15, 0.2) is 46.8 Å². The summed E-state index contributed by atoms with van der Waals surface area (Å²) < 4.78 is 11.4. The fourth-order valence-electron chi connectivity index (χ4n) is 3.95. The largest absolute Gasteiger partial charge is 0.493 e. The number of ether oxygens (including phenoxy) is 2. The number of allylic oxidation sites excluding steroid dienone is 3. The molecule has 0 amide bonds. The molecule has 1 aromatic rings. The van der Waals surface area contributed by atoms with E-state index in [-0.39, 0.29) is 18.4 Å². The quantitative estimate of drug-likeness (QED) is 0.559. The number of esters is 1. The van der Waals surface area contributed by atoms with Gasteiger partial charge in [0.1, 0.15) is 5.75 Å². The molecule has 0 bridgehead atoms. The van der Waals surface area contributed by atoms with Gasteiger partial charge in [-0.25, -0.2) is 4.79 Å². The zero-order valence-corrected chi connectivity index (χ0v) is 17.0. The van der Waals surface area contributed by atoms with Crippen LogP contribution < -0.4 is 10.1 Å². The highest BCUT2D eigenvalue weighted by Gasteiger charge is 2.40. The fraction of sp³-hybridized carbons (Fsp3) is 0.478. The van der Waals surface area contributed by atoms with Crippen LogP contribution in [0.25, 0.3) is 0 Å². The molecule has 1 N–H and O–H groups in total. The molecule has 0 aromatic heterocycles. The molecule has 0 saturated carbocycles. The van der Waals surface area contributed by atoms with Gasteiger partial charge >= 0.3 is 5.97 Å². The Morgan fingerprint density at radius 2 is 2.00 bits per heavy atom. The summed E-state index contributed by atoms with van der Waals surface area (Å²) in [5.74, 6) is -0.0224. The first kappa shape index (κ1) is 20.2. The minimum atomic E-state index is -0.457. The summed E-state index contributed by atoms with van der Waals surface area (Å²) in [4.78, 5) is 25.8. The van der Waals surface area contributed by atoms with Crippen molar-refractivity contribution < 1.29 is 19.1 Å². The third-order valence-corrected chi connectivity index (χ3v) is 5.26. The lowest BCUT2D eigenvalue weighted by Crippen LogP contribution is -2.34. The van der Waals surface area contributed by atoms with Gasteiger partial charge < -0.3 is 14.8 Å². The van der Waals surface area contributed by atoms with Crippen LogP contribution in [-0.4, -0.2) is 25.0 Å². The maximum absolute atomic E-state index is 12.9. The van der Waals surface area contributed by atoms with E-state index in [0.29, 0.717) is 24.2 Å². The van der Waals surface area contributed by atoms with Crippen LogP contribution >= 0.6 is 0 Å². The van der Waals surface area contributed by atoms with Crippen molar-refractivity contribution in [3.8, 4) is 5.75 Å². The summed E-state index contributed by atoms with van der Waals surface area (Å²) in [6.07, 6.45) is 4.13. The van der Waals surface area contributed by atoms with Crippen LogP contribution in [0.4, 0.5) is 0 Å². The van der Waals surface area contributed by atoms with E-state index in [4.69, 9.17) is 9.47 Å². The number of nitrogens with one attached hydrogen (secondary N) is 1. The summed E-state index contributed by atoms with van der Waals surface area (Å²) in [7, 11) is 0. The van der Waals surface area contributed by atoms with E-state index in [1.807, 2.05) is 31.2 Å². The number of hydrogen-bond donors (Lipinski definition) is 1. The van der Waals surface area contributed by atoms with E-state index in [1.54, 1.807) is 6.92 Å². The average Bonchev–Trinajstić information content (AvgIpc) is 2.68. The second-order valence-electron chi connectivity index (χ2n) is 7.23. The first-order valence-corrected chi connectivity index (χ1v) is 10.2. The minimum absolute atomic E-state index is 0.0939. The Labute approximate surface area is 166 Å². The summed E-state index contributed by atoms with van der Waals surface area (Å²) in [5.41, 5.74) is 3.72. The molecule has 0 radical (unpaired) electrons. The molecule has 28 heavy (non-hydrogen) atoms. The highest BCUT2D eigenvalue weighted by atomic mass is 16.5. The third kappa shape index (κ3) is 3.98. The second-order valence-corrected chi connectivity index (χ2v) is 7.23. The molecule has 1 aliphatic heterocycles. The maximum atomic E-state index is 12.9. The van der Waals surface area contributed by atoms with Crippen molar-refractivity contribution in [2.75, 3.05) is 13.2 Å². The molecule has 1 aromatic carbocycles. The number of carbonyl (C=O) groups excluding carboxylic acids is 2. The molecule has 150 valence electrons. The average molecular weight is 383 g/mol. The van der Waals surface area contributed by atoms with Gasteiger partial charge in [0.15, 0.2) is 5.78 Å². The van der Waals surface area contributed by atoms with E-state index in [1.165, 1.54) is 0 Å². The molecular formula is C23H29NO4. The van der Waals surface area contributed by atoms with Gasteiger partial charge in [0.25, 0.3) is 0 Å². The predicted octanol–water partition coefficient (Wildman–Crippen LogP) is 4.40. The molecule has 2 aliphatic rings. The lowest BCUT2D eigenvalue weighted by molar-refractivity contribution is -0.138. The molecule has 1 heterocycles. The second kappa shape index (κ2) is 9.09. The van der Waals surface area contributed by atoms with Gasteiger partial charge in [-0.1, -0.05) is 31.5 Å². The Bertz CT molecular complexity index is 822. The lowest BCUT2D eigenvalue weighted by Gasteiger charge is -2.34. The molecule has 0 spiro atoms. The van der Waals surface area contributed by atoms with Crippen molar-refractivity contribution in [2.45, 2.75) is 58.8 Å². The van der Waals surface area contributed by atoms with E-state index >= 15 is 0 Å². The van der Waals surface area contributed by atoms with Crippen molar-refractivity contribution in [1.82, 2.24) is 5.32 Å². The number of benzene rings is 1. The SMILES string of the molecule is CCCCOc1ccccc1C1C(C(=O)OCC)=C(C)NC2=C1C(=O)CCC2. The Morgan fingerprint density at radius 1 is 1.21 bits per heavy atom. The maximum Gasteiger partial charge on any atom is 0.336 e. The first-order chi connectivity index (χ1) is 13.6. The molecule has 5 heteroatoms. The number of hydrogen-bond acceptors (Lipinski definition) is 5. The molecule has 1 aliphatic carbocycles. The van der Waals surface area contributed by atoms with E-state index in [9.17, 15) is 9.59 Å². The topological polar surface area (TPSA) is 64.6 Å². The fourth-order valence-corrected chi connectivity index (χ4v) is 3.95. The van der Waals surface area contributed by atoms with Gasteiger partial charge in [-0.2, -0.15) is 0 Å². The normalized spacial score (nSPS) is 19.2. The number of ketones is 1. The van der Waals surface area contributed by atoms with Gasteiger partial charge in [-0.05, 0) is 39.2 Å². The molecule has 3 rings (SSSR count). The molecular weight excluding hydrogens is 354 g/mol. The van der Waals surface area contributed by atoms with Crippen molar-refractivity contribution in [1.29, 1.82) is 0 Å². The summed E-state index contributed by atoms with van der Waals surface area (Å²) >= 11 is 0. The predicted molar refractivity (Wildman–Crippen MR) is 108 cm³/mol. The Morgan fingerprint density at radius 3 is 2.75 bits per heavy atom.